The summed E-state index contributed by atoms with van der Waals surface area (Å²) in [6.45, 7) is -1.29. The number of hydrogen-bond donors (Lipinski definition) is 1. The highest BCUT2D eigenvalue weighted by molar-refractivity contribution is 5.58. The van der Waals surface area contributed by atoms with Crippen molar-refractivity contribution in [2.75, 3.05) is 0 Å². The molecular weight excluding hydrogens is 233 g/mol. The zero-order valence-corrected chi connectivity index (χ0v) is 8.66. The molecule has 2 rings (SSSR count). The maximum Gasteiger partial charge on any atom is 0.406 e. The van der Waals surface area contributed by atoms with Crippen LogP contribution in [0.25, 0.3) is 11.3 Å². The molecule has 90 valence electrons. The number of hydrogen-bond acceptors (Lipinski definition) is 1. The van der Waals surface area contributed by atoms with E-state index in [1.165, 1.54) is 6.20 Å². The smallest absolute Gasteiger partial charge is 0.312 e. The summed E-state index contributed by atoms with van der Waals surface area (Å²) in [6, 6.07) is 8.45. The van der Waals surface area contributed by atoms with Crippen LogP contribution in [-0.2, 0) is 6.54 Å². The number of H-pyrrole nitrogens is 1. The molecule has 0 aliphatic rings. The first-order valence-corrected chi connectivity index (χ1v) is 4.88. The zero-order chi connectivity index (χ0) is 12.5. The molecule has 0 saturated carbocycles. The highest BCUT2D eigenvalue weighted by atomic mass is 19.4. The number of halogens is 3. The van der Waals surface area contributed by atoms with Crippen LogP contribution >= 0.6 is 0 Å². The molecule has 0 aliphatic carbocycles. The molecule has 1 aromatic heterocycles. The lowest BCUT2D eigenvalue weighted by Gasteiger charge is -2.09. The van der Waals surface area contributed by atoms with Gasteiger partial charge in [0.25, 0.3) is 0 Å². The number of imidazole rings is 1. The fourth-order valence-corrected chi connectivity index (χ4v) is 1.58. The van der Waals surface area contributed by atoms with Crippen molar-refractivity contribution in [1.82, 2.24) is 9.55 Å². The van der Waals surface area contributed by atoms with Crippen molar-refractivity contribution in [2.45, 2.75) is 12.7 Å². The minimum absolute atomic E-state index is 0.230. The third-order valence-electron chi connectivity index (χ3n) is 2.28. The van der Waals surface area contributed by atoms with Crippen molar-refractivity contribution in [1.29, 1.82) is 0 Å². The van der Waals surface area contributed by atoms with E-state index in [-0.39, 0.29) is 5.69 Å². The van der Waals surface area contributed by atoms with E-state index < -0.39 is 18.4 Å². The molecule has 0 aliphatic heterocycles. The van der Waals surface area contributed by atoms with Gasteiger partial charge in [-0.1, -0.05) is 30.3 Å². The van der Waals surface area contributed by atoms with Crippen LogP contribution in [0.4, 0.5) is 13.2 Å². The van der Waals surface area contributed by atoms with Crippen LogP contribution in [0.3, 0.4) is 0 Å². The Labute approximate surface area is 94.5 Å². The molecule has 0 atom stereocenters. The largest absolute Gasteiger partial charge is 0.406 e. The van der Waals surface area contributed by atoms with E-state index in [2.05, 4.69) is 4.98 Å². The van der Waals surface area contributed by atoms with Crippen molar-refractivity contribution in [2.24, 2.45) is 0 Å². The lowest BCUT2D eigenvalue weighted by atomic mass is 10.2. The van der Waals surface area contributed by atoms with Gasteiger partial charge in [0.2, 0.25) is 0 Å². The molecular formula is C11H9F3N2O. The zero-order valence-electron chi connectivity index (χ0n) is 8.66. The van der Waals surface area contributed by atoms with E-state index >= 15 is 0 Å². The number of rotatable bonds is 2. The van der Waals surface area contributed by atoms with E-state index in [0.717, 1.165) is 0 Å². The van der Waals surface area contributed by atoms with Crippen molar-refractivity contribution < 1.29 is 13.2 Å². The summed E-state index contributed by atoms with van der Waals surface area (Å²) < 4.78 is 37.6. The molecule has 6 heteroatoms. The topological polar surface area (TPSA) is 37.8 Å². The van der Waals surface area contributed by atoms with Gasteiger partial charge in [0, 0.05) is 6.20 Å². The summed E-state index contributed by atoms with van der Waals surface area (Å²) in [5.74, 6) is 0. The fraction of sp³-hybridized carbons (Fsp3) is 0.182. The first kappa shape index (κ1) is 11.5. The van der Waals surface area contributed by atoms with Gasteiger partial charge in [0.15, 0.2) is 0 Å². The summed E-state index contributed by atoms with van der Waals surface area (Å²) in [4.78, 5) is 13.6. The van der Waals surface area contributed by atoms with Gasteiger partial charge in [-0.15, -0.1) is 0 Å². The second-order valence-electron chi connectivity index (χ2n) is 3.55. The van der Waals surface area contributed by atoms with E-state index in [1.54, 1.807) is 30.3 Å². The lowest BCUT2D eigenvalue weighted by molar-refractivity contribution is -0.140. The Kier molecular flexibility index (Phi) is 2.79. The van der Waals surface area contributed by atoms with Crippen LogP contribution in [0, 0.1) is 0 Å². The van der Waals surface area contributed by atoms with Crippen molar-refractivity contribution >= 4 is 0 Å². The fourth-order valence-electron chi connectivity index (χ4n) is 1.58. The molecule has 2 aromatic rings. The van der Waals surface area contributed by atoms with Crippen LogP contribution in [-0.4, -0.2) is 15.7 Å². The molecule has 0 bridgehead atoms. The molecule has 0 saturated heterocycles. The van der Waals surface area contributed by atoms with Gasteiger partial charge in [-0.25, -0.2) is 4.79 Å². The number of alkyl halides is 3. The molecule has 0 fully saturated rings. The SMILES string of the molecule is O=c1[nH]cc(-c2ccccc2)n1CC(F)(F)F. The molecule has 0 unspecified atom stereocenters. The molecule has 17 heavy (non-hydrogen) atoms. The summed E-state index contributed by atoms with van der Waals surface area (Å²) in [6.07, 6.45) is -3.14. The van der Waals surface area contributed by atoms with Crippen molar-refractivity contribution in [3.63, 3.8) is 0 Å². The molecule has 0 radical (unpaired) electrons. The first-order valence-electron chi connectivity index (χ1n) is 4.88. The Morgan fingerprint density at radius 2 is 1.82 bits per heavy atom. The standard InChI is InChI=1S/C11H9F3N2O/c12-11(13,14)7-16-9(6-15-10(16)17)8-4-2-1-3-5-8/h1-6H,7H2,(H,15,17). The normalized spacial score (nSPS) is 11.7. The number of aromatic amines is 1. The van der Waals surface area contributed by atoms with Crippen LogP contribution in [0.5, 0.6) is 0 Å². The molecule has 1 N–H and O–H groups in total. The van der Waals surface area contributed by atoms with Crippen LogP contribution in [0.1, 0.15) is 0 Å². The van der Waals surface area contributed by atoms with Crippen molar-refractivity contribution in [3.8, 4) is 11.3 Å². The third kappa shape index (κ3) is 2.58. The Bertz CT molecular complexity index is 554. The van der Waals surface area contributed by atoms with Gasteiger partial charge >= 0.3 is 11.9 Å². The van der Waals surface area contributed by atoms with Crippen molar-refractivity contribution in [3.05, 3.63) is 47.0 Å². The van der Waals surface area contributed by atoms with Crippen LogP contribution in [0.2, 0.25) is 0 Å². The van der Waals surface area contributed by atoms with E-state index in [4.69, 9.17) is 0 Å². The number of nitrogens with one attached hydrogen (secondary N) is 1. The highest BCUT2D eigenvalue weighted by Crippen LogP contribution is 2.22. The Balaban J connectivity index is 2.47. The monoisotopic (exact) mass is 242 g/mol. The minimum Gasteiger partial charge on any atom is -0.312 e. The molecule has 3 nitrogen and oxygen atoms in total. The number of nitrogens with zero attached hydrogens (tertiary/aromatic N) is 1. The average Bonchev–Trinajstić information content (AvgIpc) is 2.60. The summed E-state index contributed by atoms with van der Waals surface area (Å²) in [5.41, 5.74) is 0.0317. The first-order chi connectivity index (χ1) is 7.97. The van der Waals surface area contributed by atoms with Gasteiger partial charge in [-0.3, -0.25) is 4.57 Å². The van der Waals surface area contributed by atoms with Gasteiger partial charge < -0.3 is 4.98 Å². The van der Waals surface area contributed by atoms with Gasteiger partial charge in [0.1, 0.15) is 6.54 Å². The maximum atomic E-state index is 12.3. The second kappa shape index (κ2) is 4.12. The van der Waals surface area contributed by atoms with E-state index in [1.807, 2.05) is 0 Å². The third-order valence-corrected chi connectivity index (χ3v) is 2.28. The molecule has 1 aromatic carbocycles. The number of benzene rings is 1. The van der Waals surface area contributed by atoms with Gasteiger partial charge in [-0.05, 0) is 5.56 Å². The van der Waals surface area contributed by atoms with E-state index in [0.29, 0.717) is 10.1 Å². The highest BCUT2D eigenvalue weighted by Gasteiger charge is 2.30. The summed E-state index contributed by atoms with van der Waals surface area (Å²) >= 11 is 0. The van der Waals surface area contributed by atoms with Crippen LogP contribution in [0.15, 0.2) is 41.3 Å². The molecule has 0 spiro atoms. The second-order valence-corrected chi connectivity index (χ2v) is 3.55. The predicted molar refractivity (Wildman–Crippen MR) is 56.5 cm³/mol. The Morgan fingerprint density at radius 1 is 1.18 bits per heavy atom. The molecule has 1 heterocycles. The Morgan fingerprint density at radius 3 is 2.41 bits per heavy atom. The minimum atomic E-state index is -4.42. The average molecular weight is 242 g/mol. The molecule has 0 amide bonds. The van der Waals surface area contributed by atoms with Gasteiger partial charge in [-0.2, -0.15) is 13.2 Å². The Hall–Kier alpha value is -1.98. The van der Waals surface area contributed by atoms with Gasteiger partial charge in [0.05, 0.1) is 5.69 Å². The quantitative estimate of drug-likeness (QED) is 0.862. The van der Waals surface area contributed by atoms with Crippen LogP contribution < -0.4 is 5.69 Å². The summed E-state index contributed by atoms with van der Waals surface area (Å²) in [5, 5.41) is 0. The summed E-state index contributed by atoms with van der Waals surface area (Å²) in [7, 11) is 0. The van der Waals surface area contributed by atoms with E-state index in [9.17, 15) is 18.0 Å². The number of aromatic nitrogens is 2. The lowest BCUT2D eigenvalue weighted by Crippen LogP contribution is -2.26. The maximum absolute atomic E-state index is 12.3. The predicted octanol–water partition coefficient (Wildman–Crippen LogP) is 2.41.